The molecule has 18 heavy (non-hydrogen) atoms. The van der Waals surface area contributed by atoms with Gasteiger partial charge in [-0.05, 0) is 17.2 Å². The van der Waals surface area contributed by atoms with Crippen molar-refractivity contribution in [1.82, 2.24) is 5.32 Å². The molecule has 0 aliphatic heterocycles. The van der Waals surface area contributed by atoms with Crippen molar-refractivity contribution >= 4 is 0 Å². The van der Waals surface area contributed by atoms with Gasteiger partial charge in [0.1, 0.15) is 5.82 Å². The summed E-state index contributed by atoms with van der Waals surface area (Å²) in [6.07, 6.45) is 0. The smallest absolute Gasteiger partial charge is 0.127 e. The van der Waals surface area contributed by atoms with E-state index < -0.39 is 0 Å². The van der Waals surface area contributed by atoms with Crippen LogP contribution in [0.15, 0.2) is 48.5 Å². The highest BCUT2D eigenvalue weighted by molar-refractivity contribution is 5.26. The van der Waals surface area contributed by atoms with Crippen LogP contribution in [0.4, 0.5) is 4.39 Å². The molecular formula is C15H16FNO. The number of hydrogen-bond donors (Lipinski definition) is 2. The molecule has 2 aromatic carbocycles. The lowest BCUT2D eigenvalue weighted by atomic mass is 10.1. The number of nitrogens with one attached hydrogen (secondary N) is 1. The first-order chi connectivity index (χ1) is 8.81. The maximum absolute atomic E-state index is 13.4. The number of halogens is 1. The minimum absolute atomic E-state index is 0.0253. The molecule has 2 aromatic rings. The van der Waals surface area contributed by atoms with E-state index in [0.29, 0.717) is 18.7 Å². The second kappa shape index (κ2) is 6.28. The van der Waals surface area contributed by atoms with Crippen molar-refractivity contribution in [3.8, 4) is 0 Å². The van der Waals surface area contributed by atoms with Crippen molar-refractivity contribution in [2.45, 2.75) is 19.7 Å². The van der Waals surface area contributed by atoms with E-state index in [1.165, 1.54) is 6.07 Å². The topological polar surface area (TPSA) is 32.3 Å². The number of benzene rings is 2. The third-order valence-corrected chi connectivity index (χ3v) is 2.88. The van der Waals surface area contributed by atoms with E-state index in [0.717, 1.165) is 11.1 Å². The molecule has 0 fully saturated rings. The Bertz CT molecular complexity index is 513. The molecule has 0 radical (unpaired) electrons. The molecule has 0 atom stereocenters. The fourth-order valence-electron chi connectivity index (χ4n) is 1.86. The Morgan fingerprint density at radius 1 is 0.833 bits per heavy atom. The molecule has 0 saturated carbocycles. The second-order valence-electron chi connectivity index (χ2n) is 4.12. The highest BCUT2D eigenvalue weighted by Crippen LogP contribution is 2.10. The zero-order valence-corrected chi connectivity index (χ0v) is 10.1. The van der Waals surface area contributed by atoms with E-state index in [1.807, 2.05) is 30.3 Å². The summed E-state index contributed by atoms with van der Waals surface area (Å²) in [6, 6.07) is 14.4. The Morgan fingerprint density at radius 3 is 2.06 bits per heavy atom. The van der Waals surface area contributed by atoms with Gasteiger partial charge >= 0.3 is 0 Å². The average Bonchev–Trinajstić information content (AvgIpc) is 2.41. The monoisotopic (exact) mass is 245 g/mol. The lowest BCUT2D eigenvalue weighted by Crippen LogP contribution is -2.14. The van der Waals surface area contributed by atoms with Gasteiger partial charge in [-0.25, -0.2) is 4.39 Å². The summed E-state index contributed by atoms with van der Waals surface area (Å²) in [7, 11) is 0. The molecule has 0 aromatic heterocycles. The van der Waals surface area contributed by atoms with Gasteiger partial charge < -0.3 is 10.4 Å². The van der Waals surface area contributed by atoms with Crippen LogP contribution in [0.5, 0.6) is 0 Å². The van der Waals surface area contributed by atoms with E-state index >= 15 is 0 Å². The van der Waals surface area contributed by atoms with Crippen LogP contribution in [0.25, 0.3) is 0 Å². The summed E-state index contributed by atoms with van der Waals surface area (Å²) in [5, 5.41) is 12.4. The summed E-state index contributed by atoms with van der Waals surface area (Å²) < 4.78 is 13.4. The molecule has 0 unspecified atom stereocenters. The fourth-order valence-corrected chi connectivity index (χ4v) is 1.86. The van der Waals surface area contributed by atoms with Gasteiger partial charge in [0, 0.05) is 18.7 Å². The molecule has 2 N–H and O–H groups in total. The van der Waals surface area contributed by atoms with Crippen LogP contribution >= 0.6 is 0 Å². The van der Waals surface area contributed by atoms with E-state index in [4.69, 9.17) is 0 Å². The first kappa shape index (κ1) is 12.7. The molecule has 0 aliphatic carbocycles. The standard InChI is InChI=1S/C15H16FNO/c16-15-8-4-3-6-13(15)10-17-9-12-5-1-2-7-14(12)11-18/h1-8,17-18H,9-11H2. The third-order valence-electron chi connectivity index (χ3n) is 2.88. The van der Waals surface area contributed by atoms with Gasteiger partial charge in [-0.1, -0.05) is 42.5 Å². The maximum atomic E-state index is 13.4. The van der Waals surface area contributed by atoms with Crippen molar-refractivity contribution < 1.29 is 9.50 Å². The van der Waals surface area contributed by atoms with E-state index in [9.17, 15) is 9.50 Å². The highest BCUT2D eigenvalue weighted by atomic mass is 19.1. The van der Waals surface area contributed by atoms with Crippen molar-refractivity contribution in [2.75, 3.05) is 0 Å². The van der Waals surface area contributed by atoms with Crippen LogP contribution in [-0.2, 0) is 19.7 Å². The van der Waals surface area contributed by atoms with E-state index in [2.05, 4.69) is 5.32 Å². The summed E-state index contributed by atoms with van der Waals surface area (Å²) in [4.78, 5) is 0. The van der Waals surface area contributed by atoms with Crippen molar-refractivity contribution in [3.05, 3.63) is 71.0 Å². The molecule has 0 spiro atoms. The predicted octanol–water partition coefficient (Wildman–Crippen LogP) is 2.61. The van der Waals surface area contributed by atoms with Crippen LogP contribution < -0.4 is 5.32 Å². The number of rotatable bonds is 5. The van der Waals surface area contributed by atoms with Gasteiger partial charge in [-0.2, -0.15) is 0 Å². The summed E-state index contributed by atoms with van der Waals surface area (Å²) in [5.41, 5.74) is 2.59. The van der Waals surface area contributed by atoms with Crippen molar-refractivity contribution in [1.29, 1.82) is 0 Å². The number of aliphatic hydroxyl groups excluding tert-OH is 1. The second-order valence-corrected chi connectivity index (χ2v) is 4.12. The maximum Gasteiger partial charge on any atom is 0.127 e. The zero-order valence-electron chi connectivity index (χ0n) is 10.1. The van der Waals surface area contributed by atoms with Crippen LogP contribution in [0.1, 0.15) is 16.7 Å². The first-order valence-corrected chi connectivity index (χ1v) is 5.93. The number of hydrogen-bond acceptors (Lipinski definition) is 2. The zero-order chi connectivity index (χ0) is 12.8. The summed E-state index contributed by atoms with van der Waals surface area (Å²) in [6.45, 7) is 1.12. The Morgan fingerprint density at radius 2 is 1.39 bits per heavy atom. The van der Waals surface area contributed by atoms with Gasteiger partial charge in [0.05, 0.1) is 6.61 Å². The molecule has 3 heteroatoms. The van der Waals surface area contributed by atoms with E-state index in [-0.39, 0.29) is 12.4 Å². The van der Waals surface area contributed by atoms with Gasteiger partial charge in [0.15, 0.2) is 0 Å². The Labute approximate surface area is 106 Å². The fraction of sp³-hybridized carbons (Fsp3) is 0.200. The van der Waals surface area contributed by atoms with Gasteiger partial charge in [-0.3, -0.25) is 0 Å². The summed E-state index contributed by atoms with van der Waals surface area (Å²) in [5.74, 6) is -0.194. The van der Waals surface area contributed by atoms with Crippen LogP contribution in [0.3, 0.4) is 0 Å². The van der Waals surface area contributed by atoms with Crippen LogP contribution in [-0.4, -0.2) is 5.11 Å². The predicted molar refractivity (Wildman–Crippen MR) is 69.3 cm³/mol. The molecule has 0 amide bonds. The van der Waals surface area contributed by atoms with Crippen molar-refractivity contribution in [2.24, 2.45) is 0 Å². The molecule has 2 nitrogen and oxygen atoms in total. The Kier molecular flexibility index (Phi) is 4.45. The number of aliphatic hydroxyl groups is 1. The molecule has 0 bridgehead atoms. The largest absolute Gasteiger partial charge is 0.392 e. The quantitative estimate of drug-likeness (QED) is 0.848. The van der Waals surface area contributed by atoms with E-state index in [1.54, 1.807) is 12.1 Å². The third kappa shape index (κ3) is 3.15. The minimum atomic E-state index is -0.194. The lowest BCUT2D eigenvalue weighted by Gasteiger charge is -2.09. The molecule has 0 saturated heterocycles. The van der Waals surface area contributed by atoms with Gasteiger partial charge in [0.2, 0.25) is 0 Å². The normalized spacial score (nSPS) is 10.6. The minimum Gasteiger partial charge on any atom is -0.392 e. The molecule has 2 rings (SSSR count). The molecule has 0 heterocycles. The Balaban J connectivity index is 1.95. The lowest BCUT2D eigenvalue weighted by molar-refractivity contribution is 0.280. The van der Waals surface area contributed by atoms with Crippen molar-refractivity contribution in [3.63, 3.8) is 0 Å². The molecule has 94 valence electrons. The molecule has 0 aliphatic rings. The summed E-state index contributed by atoms with van der Waals surface area (Å²) >= 11 is 0. The molecular weight excluding hydrogens is 229 g/mol. The van der Waals surface area contributed by atoms with Crippen LogP contribution in [0, 0.1) is 5.82 Å². The van der Waals surface area contributed by atoms with Gasteiger partial charge in [0.25, 0.3) is 0 Å². The van der Waals surface area contributed by atoms with Crippen LogP contribution in [0.2, 0.25) is 0 Å². The van der Waals surface area contributed by atoms with Gasteiger partial charge in [-0.15, -0.1) is 0 Å². The SMILES string of the molecule is OCc1ccccc1CNCc1ccccc1F. The average molecular weight is 245 g/mol. The first-order valence-electron chi connectivity index (χ1n) is 5.93. The highest BCUT2D eigenvalue weighted by Gasteiger charge is 2.02. The Hall–Kier alpha value is -1.71.